The number of carbonyl (C=O) groups is 6. The molecule has 0 spiro atoms. The molecule has 0 aromatic carbocycles. The highest BCUT2D eigenvalue weighted by molar-refractivity contribution is 5.72. The molecular formula is C22H34O19. The van der Waals surface area contributed by atoms with Crippen molar-refractivity contribution in [3.8, 4) is 0 Å². The Kier molecular flexibility index (Phi) is 18.7. The second kappa shape index (κ2) is 20.4. The first kappa shape index (κ1) is 37.5. The van der Waals surface area contributed by atoms with Crippen LogP contribution in [0.2, 0.25) is 0 Å². The lowest BCUT2D eigenvalue weighted by atomic mass is 9.90. The van der Waals surface area contributed by atoms with Crippen molar-refractivity contribution in [2.45, 2.75) is 0 Å². The Balaban J connectivity index is 6.21. The monoisotopic (exact) mass is 602 g/mol. The molecular weight excluding hydrogens is 568 g/mol. The van der Waals surface area contributed by atoms with Crippen LogP contribution in [-0.4, -0.2) is 159 Å². The van der Waals surface area contributed by atoms with Crippen molar-refractivity contribution < 1.29 is 92.6 Å². The van der Waals surface area contributed by atoms with Crippen molar-refractivity contribution in [1.29, 1.82) is 0 Å². The number of hydrogen-bond acceptors (Lipinski definition) is 19. The fourth-order valence-corrected chi connectivity index (χ4v) is 2.66. The van der Waals surface area contributed by atoms with Gasteiger partial charge >= 0.3 is 35.8 Å². The molecule has 0 radical (unpaired) electrons. The molecule has 0 fully saturated rings. The zero-order valence-corrected chi connectivity index (χ0v) is 21.9. The molecule has 0 saturated carbocycles. The zero-order valence-electron chi connectivity index (χ0n) is 21.9. The van der Waals surface area contributed by atoms with E-state index in [2.05, 4.69) is 0 Å². The van der Waals surface area contributed by atoms with Gasteiger partial charge in [-0.1, -0.05) is 0 Å². The molecule has 0 aromatic heterocycles. The summed E-state index contributed by atoms with van der Waals surface area (Å²) in [6, 6.07) is 0. The van der Waals surface area contributed by atoms with Crippen LogP contribution in [0.5, 0.6) is 0 Å². The van der Waals surface area contributed by atoms with E-state index in [1.54, 1.807) is 0 Å². The molecule has 19 nitrogen and oxygen atoms in total. The van der Waals surface area contributed by atoms with E-state index >= 15 is 0 Å². The van der Waals surface area contributed by atoms with Crippen LogP contribution in [0, 0.1) is 10.8 Å². The lowest BCUT2D eigenvalue weighted by Gasteiger charge is -2.35. The molecule has 0 atom stereocenters. The summed E-state index contributed by atoms with van der Waals surface area (Å²) in [7, 11) is 0. The van der Waals surface area contributed by atoms with Gasteiger partial charge in [-0.25, -0.2) is 28.8 Å². The van der Waals surface area contributed by atoms with Crippen LogP contribution in [-0.2, 0) is 61.9 Å². The van der Waals surface area contributed by atoms with Crippen molar-refractivity contribution in [2.24, 2.45) is 10.8 Å². The molecule has 0 rings (SSSR count). The fourth-order valence-electron chi connectivity index (χ4n) is 2.66. The highest BCUT2D eigenvalue weighted by Gasteiger charge is 2.40. The second-order valence-electron chi connectivity index (χ2n) is 8.41. The number of hydrogen-bond donors (Lipinski definition) is 6. The third-order valence-electron chi connectivity index (χ3n) is 4.83. The topological polar surface area (TPSA) is 288 Å². The van der Waals surface area contributed by atoms with Crippen molar-refractivity contribution >= 4 is 35.8 Å². The smallest absolute Gasteiger partial charge is 0.331 e. The zero-order chi connectivity index (χ0) is 31.3. The maximum atomic E-state index is 11.6. The number of ether oxygens (including phenoxy) is 7. The molecule has 236 valence electrons. The van der Waals surface area contributed by atoms with Gasteiger partial charge in [-0.2, -0.15) is 0 Å². The molecule has 0 amide bonds. The van der Waals surface area contributed by atoms with Crippen molar-refractivity contribution in [3.05, 3.63) is 0 Å². The molecule has 0 bridgehead atoms. The van der Waals surface area contributed by atoms with Crippen LogP contribution in [0.3, 0.4) is 0 Å². The SMILES string of the molecule is O=C(CO)OCC(COCC(COC(=O)CO)(COC(=O)CO)COC(=O)CO)(COC(=O)CO)COC(=O)CO. The Morgan fingerprint density at radius 1 is 0.341 bits per heavy atom. The number of aliphatic hydroxyl groups excluding tert-OH is 6. The van der Waals surface area contributed by atoms with E-state index in [0.717, 1.165) is 0 Å². The summed E-state index contributed by atoms with van der Waals surface area (Å²) >= 11 is 0. The number of esters is 6. The second-order valence-corrected chi connectivity index (χ2v) is 8.41. The maximum absolute atomic E-state index is 11.6. The quantitative estimate of drug-likeness (QED) is 0.0497. The molecule has 0 aliphatic rings. The van der Waals surface area contributed by atoms with Gasteiger partial charge in [0, 0.05) is 0 Å². The van der Waals surface area contributed by atoms with Gasteiger partial charge in [0.1, 0.15) is 79.3 Å². The molecule has 0 heterocycles. The van der Waals surface area contributed by atoms with Gasteiger partial charge < -0.3 is 63.8 Å². The molecule has 0 saturated heterocycles. The molecule has 0 aromatic rings. The third-order valence-corrected chi connectivity index (χ3v) is 4.83. The number of rotatable bonds is 22. The van der Waals surface area contributed by atoms with E-state index in [1.165, 1.54) is 0 Å². The summed E-state index contributed by atoms with van der Waals surface area (Å²) in [6.07, 6.45) is 0. The Morgan fingerprint density at radius 3 is 0.659 bits per heavy atom. The van der Waals surface area contributed by atoms with E-state index in [-0.39, 0.29) is 0 Å². The van der Waals surface area contributed by atoms with E-state index in [9.17, 15) is 28.8 Å². The average molecular weight is 602 g/mol. The molecule has 0 aliphatic heterocycles. The minimum Gasteiger partial charge on any atom is -0.463 e. The Labute approximate surface area is 232 Å². The first-order valence-corrected chi connectivity index (χ1v) is 11.6. The summed E-state index contributed by atoms with van der Waals surface area (Å²) in [4.78, 5) is 69.6. The van der Waals surface area contributed by atoms with Gasteiger partial charge in [-0.15, -0.1) is 0 Å². The molecule has 0 unspecified atom stereocenters. The van der Waals surface area contributed by atoms with E-state index in [4.69, 9.17) is 63.8 Å². The maximum Gasteiger partial charge on any atom is 0.331 e. The minimum atomic E-state index is -1.75. The largest absolute Gasteiger partial charge is 0.463 e. The van der Waals surface area contributed by atoms with E-state index in [1.807, 2.05) is 0 Å². The van der Waals surface area contributed by atoms with Crippen LogP contribution in [0.15, 0.2) is 0 Å². The Bertz CT molecular complexity index is 687. The lowest BCUT2D eigenvalue weighted by molar-refractivity contribution is -0.178. The standard InChI is InChI=1S/C22H34O19/c23-1-15(29)36-9-21(10-37-16(30)2-24,11-38-17(31)3-25)7-35-8-22(12-39-18(32)4-26,13-40-19(33)5-27)14-41-20(34)6-28/h23-28H,1-14H2. The first-order chi connectivity index (χ1) is 19.4. The molecule has 0 aliphatic carbocycles. The Morgan fingerprint density at radius 2 is 0.512 bits per heavy atom. The molecule has 6 N–H and O–H groups in total. The van der Waals surface area contributed by atoms with Gasteiger partial charge in [-0.3, -0.25) is 0 Å². The van der Waals surface area contributed by atoms with Crippen LogP contribution in [0.4, 0.5) is 0 Å². The van der Waals surface area contributed by atoms with Gasteiger partial charge in [0.2, 0.25) is 0 Å². The van der Waals surface area contributed by atoms with Crippen LogP contribution in [0.1, 0.15) is 0 Å². The van der Waals surface area contributed by atoms with Crippen LogP contribution < -0.4 is 0 Å². The summed E-state index contributed by atoms with van der Waals surface area (Å²) in [5.74, 6) is -6.87. The third kappa shape index (κ3) is 15.8. The van der Waals surface area contributed by atoms with Crippen LogP contribution >= 0.6 is 0 Å². The normalized spacial score (nSPS) is 11.3. The number of carbonyl (C=O) groups excluding carboxylic acids is 6. The Hall–Kier alpha value is -3.46. The van der Waals surface area contributed by atoms with Crippen LogP contribution in [0.25, 0.3) is 0 Å². The minimum absolute atomic E-state index is 0.652. The van der Waals surface area contributed by atoms with E-state index < -0.39 is 139 Å². The summed E-state index contributed by atoms with van der Waals surface area (Å²) in [5, 5.41) is 53.9. The average Bonchev–Trinajstić information content (AvgIpc) is 3.00. The highest BCUT2D eigenvalue weighted by Crippen LogP contribution is 2.26. The highest BCUT2D eigenvalue weighted by atomic mass is 16.6. The van der Waals surface area contributed by atoms with Crippen molar-refractivity contribution in [3.63, 3.8) is 0 Å². The predicted molar refractivity (Wildman–Crippen MR) is 124 cm³/mol. The van der Waals surface area contributed by atoms with Gasteiger partial charge in [0.25, 0.3) is 0 Å². The van der Waals surface area contributed by atoms with Gasteiger partial charge in [-0.05, 0) is 0 Å². The molecule has 19 heteroatoms. The van der Waals surface area contributed by atoms with Gasteiger partial charge in [0.15, 0.2) is 0 Å². The van der Waals surface area contributed by atoms with Gasteiger partial charge in [0.05, 0.1) is 24.0 Å². The van der Waals surface area contributed by atoms with E-state index in [0.29, 0.717) is 0 Å². The summed E-state index contributed by atoms with van der Waals surface area (Å²) in [5.41, 5.74) is -3.50. The van der Waals surface area contributed by atoms with Crippen molar-refractivity contribution in [2.75, 3.05) is 92.5 Å². The lowest BCUT2D eigenvalue weighted by Crippen LogP contribution is -2.47. The first-order valence-electron chi connectivity index (χ1n) is 11.6. The fraction of sp³-hybridized carbons (Fsp3) is 0.727. The molecule has 41 heavy (non-hydrogen) atoms. The van der Waals surface area contributed by atoms with Crippen molar-refractivity contribution in [1.82, 2.24) is 0 Å². The summed E-state index contributed by atoms with van der Waals surface area (Å²) < 4.78 is 34.9. The predicted octanol–water partition coefficient (Wildman–Crippen LogP) is -5.81. The summed E-state index contributed by atoms with van der Waals surface area (Å²) in [6.45, 7) is -12.0. The number of aliphatic hydroxyl groups is 6.